The summed E-state index contributed by atoms with van der Waals surface area (Å²) in [5.41, 5.74) is 0. The first-order chi connectivity index (χ1) is 32.1. The standard InChI is InChI=1S/C60H118O5/c1-3-5-7-9-11-13-15-17-19-21-23-25-27-28-29-30-31-32-33-35-37-39-41-43-45-47-49-51-53-55-60(63)65-58(56-61)57-64-59(62)54-52-50-48-46-44-42-40-38-36-34-26-24-22-20-18-16-14-12-10-8-6-4-2/h58,61H,3-57H2,1-2H3. The van der Waals surface area contributed by atoms with Crippen LogP contribution in [0.2, 0.25) is 0 Å². The van der Waals surface area contributed by atoms with E-state index in [0.717, 1.165) is 32.1 Å². The summed E-state index contributed by atoms with van der Waals surface area (Å²) in [5.74, 6) is -0.562. The molecule has 65 heavy (non-hydrogen) atoms. The molecule has 5 nitrogen and oxygen atoms in total. The zero-order chi connectivity index (χ0) is 47.0. The largest absolute Gasteiger partial charge is 0.462 e. The van der Waals surface area contributed by atoms with Crippen molar-refractivity contribution >= 4 is 11.9 Å². The lowest BCUT2D eigenvalue weighted by molar-refractivity contribution is -0.161. The van der Waals surface area contributed by atoms with Crippen LogP contribution in [-0.4, -0.2) is 36.4 Å². The van der Waals surface area contributed by atoms with Crippen molar-refractivity contribution in [3.63, 3.8) is 0 Å². The van der Waals surface area contributed by atoms with E-state index in [2.05, 4.69) is 13.8 Å². The summed E-state index contributed by atoms with van der Waals surface area (Å²) in [6.45, 7) is 4.22. The van der Waals surface area contributed by atoms with Gasteiger partial charge in [0.2, 0.25) is 0 Å². The Morgan fingerprint density at radius 1 is 0.292 bits per heavy atom. The first-order valence-corrected chi connectivity index (χ1v) is 30.1. The van der Waals surface area contributed by atoms with E-state index in [0.29, 0.717) is 12.8 Å². The molecule has 0 fully saturated rings. The lowest BCUT2D eigenvalue weighted by Gasteiger charge is -2.15. The maximum Gasteiger partial charge on any atom is 0.306 e. The third-order valence-electron chi connectivity index (χ3n) is 14.2. The van der Waals surface area contributed by atoms with Crippen LogP contribution in [0.15, 0.2) is 0 Å². The number of ether oxygens (including phenoxy) is 2. The fourth-order valence-corrected chi connectivity index (χ4v) is 9.62. The molecule has 0 aromatic heterocycles. The predicted molar refractivity (Wildman–Crippen MR) is 284 cm³/mol. The van der Waals surface area contributed by atoms with Gasteiger partial charge in [0.05, 0.1) is 6.61 Å². The first kappa shape index (κ1) is 63.9. The van der Waals surface area contributed by atoms with Gasteiger partial charge in [0.15, 0.2) is 6.10 Å². The molecule has 0 aromatic carbocycles. The van der Waals surface area contributed by atoms with Crippen molar-refractivity contribution in [3.8, 4) is 0 Å². The molecule has 0 spiro atoms. The van der Waals surface area contributed by atoms with Crippen molar-refractivity contribution in [1.82, 2.24) is 0 Å². The third kappa shape index (κ3) is 55.4. The summed E-state index contributed by atoms with van der Waals surface area (Å²) in [7, 11) is 0. The Balaban J connectivity index is 3.38. The highest BCUT2D eigenvalue weighted by molar-refractivity contribution is 5.70. The van der Waals surface area contributed by atoms with Crippen LogP contribution in [0.1, 0.15) is 354 Å². The summed E-state index contributed by atoms with van der Waals surface area (Å²) in [6, 6.07) is 0. The van der Waals surface area contributed by atoms with E-state index in [-0.39, 0.29) is 25.2 Å². The molecule has 0 rings (SSSR count). The highest BCUT2D eigenvalue weighted by Gasteiger charge is 2.16. The number of hydrogen-bond acceptors (Lipinski definition) is 5. The number of rotatable bonds is 57. The molecule has 0 aliphatic carbocycles. The minimum atomic E-state index is -0.764. The number of carbonyl (C=O) groups excluding carboxylic acids is 2. The molecule has 0 heterocycles. The summed E-state index contributed by atoms with van der Waals surface area (Å²) >= 11 is 0. The molecule has 0 saturated carbocycles. The van der Waals surface area contributed by atoms with Crippen LogP contribution < -0.4 is 0 Å². The third-order valence-corrected chi connectivity index (χ3v) is 14.2. The van der Waals surface area contributed by atoms with E-state index in [1.165, 1.54) is 295 Å². The van der Waals surface area contributed by atoms with Crippen LogP contribution in [0, 0.1) is 0 Å². The fraction of sp³-hybridized carbons (Fsp3) is 0.967. The van der Waals surface area contributed by atoms with Gasteiger partial charge in [-0.05, 0) is 12.8 Å². The lowest BCUT2D eigenvalue weighted by Crippen LogP contribution is -2.28. The van der Waals surface area contributed by atoms with E-state index in [4.69, 9.17) is 9.47 Å². The van der Waals surface area contributed by atoms with Crippen LogP contribution in [0.3, 0.4) is 0 Å². The number of unbranched alkanes of at least 4 members (excludes halogenated alkanes) is 49. The van der Waals surface area contributed by atoms with Crippen LogP contribution in [0.5, 0.6) is 0 Å². The van der Waals surface area contributed by atoms with E-state index in [1.807, 2.05) is 0 Å². The van der Waals surface area contributed by atoms with Crippen molar-refractivity contribution in [2.75, 3.05) is 13.2 Å². The molecule has 388 valence electrons. The molecule has 0 aliphatic heterocycles. The van der Waals surface area contributed by atoms with Crippen LogP contribution in [0.4, 0.5) is 0 Å². The molecule has 0 radical (unpaired) electrons. The van der Waals surface area contributed by atoms with Gasteiger partial charge in [-0.1, -0.05) is 328 Å². The van der Waals surface area contributed by atoms with Gasteiger partial charge in [-0.15, -0.1) is 0 Å². The maximum atomic E-state index is 12.3. The average molecular weight is 920 g/mol. The average Bonchev–Trinajstić information content (AvgIpc) is 3.31. The van der Waals surface area contributed by atoms with Gasteiger partial charge in [0.25, 0.3) is 0 Å². The molecular formula is C60H118O5. The number of hydrogen-bond donors (Lipinski definition) is 1. The first-order valence-electron chi connectivity index (χ1n) is 30.1. The minimum absolute atomic E-state index is 0.0556. The van der Waals surface area contributed by atoms with Crippen molar-refractivity contribution in [2.45, 2.75) is 360 Å². The maximum absolute atomic E-state index is 12.3. The number of carbonyl (C=O) groups is 2. The monoisotopic (exact) mass is 919 g/mol. The van der Waals surface area contributed by atoms with Gasteiger partial charge in [-0.2, -0.15) is 0 Å². The number of aliphatic hydroxyl groups is 1. The predicted octanol–water partition coefficient (Wildman–Crippen LogP) is 20.1. The Bertz CT molecular complexity index is 906. The minimum Gasteiger partial charge on any atom is -0.462 e. The van der Waals surface area contributed by atoms with Crippen molar-refractivity contribution in [3.05, 3.63) is 0 Å². The Morgan fingerprint density at radius 2 is 0.477 bits per heavy atom. The Labute approximate surface area is 408 Å². The molecule has 0 aliphatic rings. The Morgan fingerprint density at radius 3 is 0.677 bits per heavy atom. The van der Waals surface area contributed by atoms with Crippen LogP contribution in [-0.2, 0) is 19.1 Å². The van der Waals surface area contributed by atoms with E-state index >= 15 is 0 Å². The molecule has 0 aromatic rings. The quantitative estimate of drug-likeness (QED) is 0.0486. The van der Waals surface area contributed by atoms with Crippen molar-refractivity contribution in [1.29, 1.82) is 0 Å². The second-order valence-electron chi connectivity index (χ2n) is 20.8. The van der Waals surface area contributed by atoms with E-state index < -0.39 is 6.10 Å². The van der Waals surface area contributed by atoms with Crippen molar-refractivity contribution in [2.24, 2.45) is 0 Å². The van der Waals surface area contributed by atoms with E-state index in [1.54, 1.807) is 0 Å². The molecule has 5 heteroatoms. The van der Waals surface area contributed by atoms with Gasteiger partial charge in [-0.25, -0.2) is 0 Å². The molecule has 0 amide bonds. The number of esters is 2. The lowest BCUT2D eigenvalue weighted by atomic mass is 10.0. The second-order valence-corrected chi connectivity index (χ2v) is 20.8. The molecule has 0 saturated heterocycles. The SMILES string of the molecule is CCCCCCCCCCCCCCCCCCCCCCCCCCCCCCCC(=O)OC(CO)COC(=O)CCCCCCCCCCCCCCCCCCCCCCCC. The van der Waals surface area contributed by atoms with Gasteiger partial charge >= 0.3 is 11.9 Å². The zero-order valence-electron chi connectivity index (χ0n) is 44.5. The summed E-state index contributed by atoms with van der Waals surface area (Å²) in [6.07, 6.45) is 69.6. The highest BCUT2D eigenvalue weighted by Crippen LogP contribution is 2.19. The van der Waals surface area contributed by atoms with E-state index in [9.17, 15) is 14.7 Å². The smallest absolute Gasteiger partial charge is 0.306 e. The topological polar surface area (TPSA) is 72.8 Å². The van der Waals surface area contributed by atoms with Crippen LogP contribution in [0.25, 0.3) is 0 Å². The molecule has 1 unspecified atom stereocenters. The fourth-order valence-electron chi connectivity index (χ4n) is 9.62. The zero-order valence-corrected chi connectivity index (χ0v) is 44.5. The Hall–Kier alpha value is -1.10. The Kier molecular flexibility index (Phi) is 56.3. The molecule has 0 bridgehead atoms. The number of aliphatic hydroxyl groups excluding tert-OH is 1. The van der Waals surface area contributed by atoms with Crippen LogP contribution >= 0.6 is 0 Å². The second kappa shape index (κ2) is 57.2. The van der Waals surface area contributed by atoms with Gasteiger partial charge < -0.3 is 14.6 Å². The van der Waals surface area contributed by atoms with Crippen molar-refractivity contribution < 1.29 is 24.2 Å². The van der Waals surface area contributed by atoms with Gasteiger partial charge in [0.1, 0.15) is 6.61 Å². The summed E-state index contributed by atoms with van der Waals surface area (Å²) in [5, 5.41) is 9.66. The summed E-state index contributed by atoms with van der Waals surface area (Å²) < 4.78 is 10.7. The van der Waals surface area contributed by atoms with Gasteiger partial charge in [0, 0.05) is 12.8 Å². The highest BCUT2D eigenvalue weighted by atomic mass is 16.6. The summed E-state index contributed by atoms with van der Waals surface area (Å²) in [4.78, 5) is 24.5. The van der Waals surface area contributed by atoms with Gasteiger partial charge in [-0.3, -0.25) is 9.59 Å². The molecular weight excluding hydrogens is 801 g/mol. The normalized spacial score (nSPS) is 12.0. The molecule has 1 N–H and O–H groups in total. The molecule has 1 atom stereocenters.